The first kappa shape index (κ1) is 11.6. The SMILES string of the molecule is Cc1ccsc1CNC(=O)c1cccc(=O)[nH]1. The number of thiophene rings is 1. The van der Waals surface area contributed by atoms with E-state index in [1.807, 2.05) is 18.4 Å². The summed E-state index contributed by atoms with van der Waals surface area (Å²) in [6, 6.07) is 6.53. The highest BCUT2D eigenvalue weighted by Gasteiger charge is 2.07. The summed E-state index contributed by atoms with van der Waals surface area (Å²) in [6.07, 6.45) is 0. The lowest BCUT2D eigenvalue weighted by atomic mass is 10.3. The Morgan fingerprint density at radius 3 is 2.88 bits per heavy atom. The molecule has 0 aliphatic rings. The summed E-state index contributed by atoms with van der Waals surface area (Å²) in [6.45, 7) is 2.49. The third-order valence-electron chi connectivity index (χ3n) is 2.39. The molecule has 2 N–H and O–H groups in total. The molecule has 88 valence electrons. The predicted octanol–water partition coefficient (Wildman–Crippen LogP) is 1.67. The van der Waals surface area contributed by atoms with E-state index in [-0.39, 0.29) is 17.2 Å². The van der Waals surface area contributed by atoms with Crippen LogP contribution in [0.5, 0.6) is 0 Å². The lowest BCUT2D eigenvalue weighted by Crippen LogP contribution is -2.25. The molecule has 2 heterocycles. The van der Waals surface area contributed by atoms with Crippen LogP contribution in [-0.2, 0) is 6.54 Å². The van der Waals surface area contributed by atoms with Gasteiger partial charge in [0.05, 0.1) is 6.54 Å². The average molecular weight is 248 g/mol. The molecule has 0 spiro atoms. The van der Waals surface area contributed by atoms with E-state index in [2.05, 4.69) is 10.3 Å². The van der Waals surface area contributed by atoms with Gasteiger partial charge in [-0.05, 0) is 30.0 Å². The maximum absolute atomic E-state index is 11.7. The number of amides is 1. The second kappa shape index (κ2) is 4.97. The van der Waals surface area contributed by atoms with Crippen LogP contribution in [0.4, 0.5) is 0 Å². The van der Waals surface area contributed by atoms with E-state index >= 15 is 0 Å². The second-order valence-electron chi connectivity index (χ2n) is 3.64. The molecule has 0 bridgehead atoms. The molecule has 1 amide bonds. The van der Waals surface area contributed by atoms with Gasteiger partial charge >= 0.3 is 0 Å². The van der Waals surface area contributed by atoms with Gasteiger partial charge in [0.1, 0.15) is 5.69 Å². The molecule has 0 aromatic carbocycles. The Bertz CT molecular complexity index is 586. The zero-order valence-corrected chi connectivity index (χ0v) is 10.1. The minimum absolute atomic E-state index is 0.268. The van der Waals surface area contributed by atoms with Gasteiger partial charge in [-0.15, -0.1) is 11.3 Å². The molecule has 0 saturated carbocycles. The molecular weight excluding hydrogens is 236 g/mol. The highest BCUT2D eigenvalue weighted by molar-refractivity contribution is 7.10. The highest BCUT2D eigenvalue weighted by Crippen LogP contribution is 2.14. The lowest BCUT2D eigenvalue weighted by Gasteiger charge is -2.04. The topological polar surface area (TPSA) is 62.0 Å². The van der Waals surface area contributed by atoms with Crippen LogP contribution in [0.1, 0.15) is 20.9 Å². The number of carbonyl (C=O) groups excluding carboxylic acids is 1. The van der Waals surface area contributed by atoms with Crippen molar-refractivity contribution in [3.05, 3.63) is 56.1 Å². The van der Waals surface area contributed by atoms with Gasteiger partial charge in [0.2, 0.25) is 5.56 Å². The normalized spacial score (nSPS) is 10.2. The number of hydrogen-bond acceptors (Lipinski definition) is 3. The van der Waals surface area contributed by atoms with Crippen LogP contribution in [-0.4, -0.2) is 10.9 Å². The molecule has 0 saturated heterocycles. The third-order valence-corrected chi connectivity index (χ3v) is 3.41. The van der Waals surface area contributed by atoms with Gasteiger partial charge in [-0.1, -0.05) is 6.07 Å². The van der Waals surface area contributed by atoms with Gasteiger partial charge in [-0.25, -0.2) is 0 Å². The first-order valence-corrected chi connectivity index (χ1v) is 6.05. The third kappa shape index (κ3) is 2.82. The summed E-state index contributed by atoms with van der Waals surface area (Å²) in [5, 5.41) is 4.76. The van der Waals surface area contributed by atoms with Crippen molar-refractivity contribution in [3.8, 4) is 0 Å². The van der Waals surface area contributed by atoms with Crippen molar-refractivity contribution in [3.63, 3.8) is 0 Å². The Labute approximate surface area is 102 Å². The Morgan fingerprint density at radius 1 is 1.41 bits per heavy atom. The molecule has 2 aromatic heterocycles. The van der Waals surface area contributed by atoms with E-state index in [0.717, 1.165) is 10.4 Å². The molecule has 0 atom stereocenters. The summed E-state index contributed by atoms with van der Waals surface area (Å²) in [5.74, 6) is -0.268. The van der Waals surface area contributed by atoms with Crippen molar-refractivity contribution in [1.82, 2.24) is 10.3 Å². The van der Waals surface area contributed by atoms with E-state index < -0.39 is 0 Å². The van der Waals surface area contributed by atoms with Crippen molar-refractivity contribution >= 4 is 17.2 Å². The van der Waals surface area contributed by atoms with Crippen molar-refractivity contribution in [2.75, 3.05) is 0 Å². The van der Waals surface area contributed by atoms with E-state index in [1.54, 1.807) is 23.5 Å². The average Bonchev–Trinajstić information content (AvgIpc) is 2.72. The molecule has 0 aliphatic heterocycles. The van der Waals surface area contributed by atoms with Crippen LogP contribution < -0.4 is 10.9 Å². The number of aromatic nitrogens is 1. The number of hydrogen-bond donors (Lipinski definition) is 2. The zero-order valence-electron chi connectivity index (χ0n) is 9.32. The maximum atomic E-state index is 11.7. The summed E-state index contributed by atoms with van der Waals surface area (Å²) >= 11 is 1.60. The largest absolute Gasteiger partial charge is 0.346 e. The quantitative estimate of drug-likeness (QED) is 0.868. The Kier molecular flexibility index (Phi) is 3.39. The van der Waals surface area contributed by atoms with Crippen LogP contribution in [0.3, 0.4) is 0 Å². The summed E-state index contributed by atoms with van der Waals surface area (Å²) in [4.78, 5) is 26.4. The molecule has 2 aromatic rings. The van der Waals surface area contributed by atoms with E-state index in [4.69, 9.17) is 0 Å². The van der Waals surface area contributed by atoms with E-state index in [0.29, 0.717) is 6.54 Å². The number of aryl methyl sites for hydroxylation is 1. The number of carbonyl (C=O) groups is 1. The van der Waals surface area contributed by atoms with Gasteiger partial charge in [0, 0.05) is 10.9 Å². The number of aromatic amines is 1. The summed E-state index contributed by atoms with van der Waals surface area (Å²) in [5.41, 5.74) is 1.17. The highest BCUT2D eigenvalue weighted by atomic mass is 32.1. The molecule has 17 heavy (non-hydrogen) atoms. The molecule has 0 aliphatic carbocycles. The number of pyridine rings is 1. The Morgan fingerprint density at radius 2 is 2.24 bits per heavy atom. The summed E-state index contributed by atoms with van der Waals surface area (Å²) in [7, 11) is 0. The van der Waals surface area contributed by atoms with Crippen LogP contribution in [0.2, 0.25) is 0 Å². The van der Waals surface area contributed by atoms with Gasteiger partial charge in [0.25, 0.3) is 5.91 Å². The lowest BCUT2D eigenvalue weighted by molar-refractivity contribution is 0.0946. The summed E-state index contributed by atoms with van der Waals surface area (Å²) < 4.78 is 0. The Hall–Kier alpha value is -1.88. The molecule has 4 nitrogen and oxygen atoms in total. The monoisotopic (exact) mass is 248 g/mol. The van der Waals surface area contributed by atoms with Gasteiger partial charge < -0.3 is 10.3 Å². The first-order valence-electron chi connectivity index (χ1n) is 5.17. The predicted molar refractivity (Wildman–Crippen MR) is 67.3 cm³/mol. The van der Waals surface area contributed by atoms with Crippen LogP contribution in [0.25, 0.3) is 0 Å². The fraction of sp³-hybridized carbons (Fsp3) is 0.167. The fourth-order valence-electron chi connectivity index (χ4n) is 1.42. The van der Waals surface area contributed by atoms with Crippen molar-refractivity contribution in [1.29, 1.82) is 0 Å². The minimum Gasteiger partial charge on any atom is -0.346 e. The number of nitrogens with one attached hydrogen (secondary N) is 2. The zero-order chi connectivity index (χ0) is 12.3. The molecular formula is C12H12N2O2S. The van der Waals surface area contributed by atoms with Crippen molar-refractivity contribution < 1.29 is 4.79 Å². The second-order valence-corrected chi connectivity index (χ2v) is 4.64. The molecule has 2 rings (SSSR count). The first-order chi connectivity index (χ1) is 8.16. The maximum Gasteiger partial charge on any atom is 0.268 e. The van der Waals surface area contributed by atoms with Crippen molar-refractivity contribution in [2.45, 2.75) is 13.5 Å². The van der Waals surface area contributed by atoms with Crippen LogP contribution >= 0.6 is 11.3 Å². The smallest absolute Gasteiger partial charge is 0.268 e. The molecule has 0 unspecified atom stereocenters. The number of rotatable bonds is 3. The van der Waals surface area contributed by atoms with E-state index in [9.17, 15) is 9.59 Å². The van der Waals surface area contributed by atoms with E-state index in [1.165, 1.54) is 6.07 Å². The van der Waals surface area contributed by atoms with Crippen LogP contribution in [0.15, 0.2) is 34.4 Å². The Balaban J connectivity index is 2.03. The fourth-order valence-corrected chi connectivity index (χ4v) is 2.27. The number of H-pyrrole nitrogens is 1. The standard InChI is InChI=1S/C12H12N2O2S/c1-8-5-6-17-10(8)7-13-12(16)9-3-2-4-11(15)14-9/h2-6H,7H2,1H3,(H,13,16)(H,14,15). The van der Waals surface area contributed by atoms with Crippen LogP contribution in [0, 0.1) is 6.92 Å². The minimum atomic E-state index is -0.273. The molecule has 0 fully saturated rings. The molecule has 0 radical (unpaired) electrons. The van der Waals surface area contributed by atoms with Gasteiger partial charge in [-0.3, -0.25) is 9.59 Å². The van der Waals surface area contributed by atoms with Crippen molar-refractivity contribution in [2.24, 2.45) is 0 Å². The van der Waals surface area contributed by atoms with Gasteiger partial charge in [-0.2, -0.15) is 0 Å². The molecule has 5 heteroatoms. The van der Waals surface area contributed by atoms with Gasteiger partial charge in [0.15, 0.2) is 0 Å².